The lowest BCUT2D eigenvalue weighted by molar-refractivity contribution is 0.322. The van der Waals surface area contributed by atoms with Crippen molar-refractivity contribution in [3.05, 3.63) is 0 Å². The average Bonchev–Trinajstić information content (AvgIpc) is 1.91. The molecule has 0 bridgehead atoms. The maximum absolute atomic E-state index is 4.19. The molecule has 0 aliphatic heterocycles. The van der Waals surface area contributed by atoms with Gasteiger partial charge >= 0.3 is 0 Å². The Morgan fingerprint density at radius 1 is 1.22 bits per heavy atom. The first-order chi connectivity index (χ1) is 4.35. The molecule has 0 saturated carbocycles. The molecule has 0 aromatic rings. The zero-order chi connectivity index (χ0) is 7.11. The van der Waals surface area contributed by atoms with Gasteiger partial charge in [-0.1, -0.05) is 6.92 Å². The molecule has 0 unspecified atom stereocenters. The molecule has 0 saturated heterocycles. The average molecular weight is 128 g/mol. The SMILES string of the molecule is CC/C=N/N(CC)CC. The van der Waals surface area contributed by atoms with Crippen molar-refractivity contribution < 1.29 is 0 Å². The summed E-state index contributed by atoms with van der Waals surface area (Å²) < 4.78 is 0. The van der Waals surface area contributed by atoms with E-state index in [1.165, 1.54) is 0 Å². The fourth-order valence-electron chi connectivity index (χ4n) is 0.584. The summed E-state index contributed by atoms with van der Waals surface area (Å²) in [4.78, 5) is 0. The fraction of sp³-hybridized carbons (Fsp3) is 0.857. The summed E-state index contributed by atoms with van der Waals surface area (Å²) in [5, 5.41) is 6.22. The summed E-state index contributed by atoms with van der Waals surface area (Å²) in [7, 11) is 0. The minimum absolute atomic E-state index is 1.01. The van der Waals surface area contributed by atoms with Gasteiger partial charge in [-0.25, -0.2) is 0 Å². The molecule has 0 radical (unpaired) electrons. The second kappa shape index (κ2) is 5.60. The van der Waals surface area contributed by atoms with Gasteiger partial charge in [0.1, 0.15) is 0 Å². The van der Waals surface area contributed by atoms with Gasteiger partial charge in [0, 0.05) is 19.3 Å². The summed E-state index contributed by atoms with van der Waals surface area (Å²) in [6.45, 7) is 8.32. The van der Waals surface area contributed by atoms with Crippen LogP contribution in [0.3, 0.4) is 0 Å². The fourth-order valence-corrected chi connectivity index (χ4v) is 0.584. The predicted molar refractivity (Wildman–Crippen MR) is 41.7 cm³/mol. The van der Waals surface area contributed by atoms with Gasteiger partial charge in [-0.2, -0.15) is 5.10 Å². The molecule has 2 heteroatoms. The van der Waals surface area contributed by atoms with Gasteiger partial charge in [-0.3, -0.25) is 5.01 Å². The van der Waals surface area contributed by atoms with Gasteiger partial charge in [-0.15, -0.1) is 0 Å². The Labute approximate surface area is 57.6 Å². The molecular formula is C7H16N2. The molecule has 0 N–H and O–H groups in total. The lowest BCUT2D eigenvalue weighted by Gasteiger charge is -2.12. The van der Waals surface area contributed by atoms with Crippen LogP contribution in [0.15, 0.2) is 5.10 Å². The standard InChI is InChI=1S/C7H16N2/c1-4-7-8-9(5-2)6-3/h7H,4-6H2,1-3H3/b8-7+. The zero-order valence-electron chi connectivity index (χ0n) is 6.59. The summed E-state index contributed by atoms with van der Waals surface area (Å²) >= 11 is 0. The van der Waals surface area contributed by atoms with Crippen molar-refractivity contribution in [2.75, 3.05) is 13.1 Å². The summed E-state index contributed by atoms with van der Waals surface area (Å²) in [5.41, 5.74) is 0. The van der Waals surface area contributed by atoms with E-state index in [1.807, 2.05) is 11.2 Å². The van der Waals surface area contributed by atoms with E-state index >= 15 is 0 Å². The Bertz CT molecular complexity index is 75.0. The van der Waals surface area contributed by atoms with Gasteiger partial charge in [0.25, 0.3) is 0 Å². The van der Waals surface area contributed by atoms with Gasteiger partial charge in [-0.05, 0) is 20.3 Å². The molecule has 0 amide bonds. The normalized spacial score (nSPS) is 10.6. The van der Waals surface area contributed by atoms with E-state index < -0.39 is 0 Å². The second-order valence-corrected chi connectivity index (χ2v) is 1.85. The van der Waals surface area contributed by atoms with Crippen molar-refractivity contribution in [3.63, 3.8) is 0 Å². The predicted octanol–water partition coefficient (Wildman–Crippen LogP) is 1.72. The molecule has 0 spiro atoms. The van der Waals surface area contributed by atoms with Crippen LogP contribution in [0.25, 0.3) is 0 Å². The molecule has 2 nitrogen and oxygen atoms in total. The number of rotatable bonds is 4. The molecule has 0 fully saturated rings. The molecule has 54 valence electrons. The van der Waals surface area contributed by atoms with Crippen LogP contribution in [0, 0.1) is 0 Å². The van der Waals surface area contributed by atoms with E-state index in [4.69, 9.17) is 0 Å². The molecule has 9 heavy (non-hydrogen) atoms. The Balaban J connectivity index is 3.41. The maximum Gasteiger partial charge on any atom is 0.0331 e. The summed E-state index contributed by atoms with van der Waals surface area (Å²) in [6.07, 6.45) is 2.96. The van der Waals surface area contributed by atoms with Gasteiger partial charge in [0.15, 0.2) is 0 Å². The smallest absolute Gasteiger partial charge is 0.0331 e. The van der Waals surface area contributed by atoms with Crippen LogP contribution in [0.4, 0.5) is 0 Å². The van der Waals surface area contributed by atoms with Crippen LogP contribution >= 0.6 is 0 Å². The zero-order valence-corrected chi connectivity index (χ0v) is 6.59. The minimum atomic E-state index is 1.01. The lowest BCUT2D eigenvalue weighted by Crippen LogP contribution is -2.15. The highest BCUT2D eigenvalue weighted by Crippen LogP contribution is 1.85. The molecule has 0 aromatic heterocycles. The minimum Gasteiger partial charge on any atom is -0.298 e. The van der Waals surface area contributed by atoms with Crippen molar-refractivity contribution in [3.8, 4) is 0 Å². The van der Waals surface area contributed by atoms with Crippen LogP contribution in [-0.4, -0.2) is 24.3 Å². The van der Waals surface area contributed by atoms with Gasteiger partial charge in [0.2, 0.25) is 0 Å². The van der Waals surface area contributed by atoms with Crippen molar-refractivity contribution in [1.82, 2.24) is 5.01 Å². The molecule has 0 atom stereocenters. The lowest BCUT2D eigenvalue weighted by atomic mass is 10.5. The molecular weight excluding hydrogens is 112 g/mol. The van der Waals surface area contributed by atoms with Crippen LogP contribution in [0.1, 0.15) is 27.2 Å². The third-order valence-electron chi connectivity index (χ3n) is 1.16. The third-order valence-corrected chi connectivity index (χ3v) is 1.16. The number of hydrazone groups is 1. The van der Waals surface area contributed by atoms with E-state index in [1.54, 1.807) is 0 Å². The molecule has 0 aliphatic carbocycles. The van der Waals surface area contributed by atoms with Crippen LogP contribution in [-0.2, 0) is 0 Å². The monoisotopic (exact) mass is 128 g/mol. The van der Waals surface area contributed by atoms with Crippen LogP contribution < -0.4 is 0 Å². The Kier molecular flexibility index (Phi) is 5.27. The molecule has 0 heterocycles. The van der Waals surface area contributed by atoms with Crippen molar-refractivity contribution in [2.45, 2.75) is 27.2 Å². The maximum atomic E-state index is 4.19. The topological polar surface area (TPSA) is 15.6 Å². The van der Waals surface area contributed by atoms with E-state index in [9.17, 15) is 0 Å². The number of hydrogen-bond donors (Lipinski definition) is 0. The first-order valence-corrected chi connectivity index (χ1v) is 3.62. The third kappa shape index (κ3) is 4.01. The largest absolute Gasteiger partial charge is 0.298 e. The van der Waals surface area contributed by atoms with Crippen LogP contribution in [0.5, 0.6) is 0 Å². The van der Waals surface area contributed by atoms with E-state index in [-0.39, 0.29) is 0 Å². The molecule has 0 aromatic carbocycles. The van der Waals surface area contributed by atoms with Crippen LogP contribution in [0.2, 0.25) is 0 Å². The van der Waals surface area contributed by atoms with Crippen molar-refractivity contribution in [2.24, 2.45) is 5.10 Å². The highest BCUT2D eigenvalue weighted by atomic mass is 15.4. The van der Waals surface area contributed by atoms with E-state index in [0.29, 0.717) is 0 Å². The Morgan fingerprint density at radius 2 is 1.78 bits per heavy atom. The second-order valence-electron chi connectivity index (χ2n) is 1.85. The molecule has 0 rings (SSSR count). The van der Waals surface area contributed by atoms with E-state index in [0.717, 1.165) is 19.5 Å². The van der Waals surface area contributed by atoms with E-state index in [2.05, 4.69) is 25.9 Å². The number of nitrogens with zero attached hydrogens (tertiary/aromatic N) is 2. The van der Waals surface area contributed by atoms with Crippen molar-refractivity contribution >= 4 is 6.21 Å². The van der Waals surface area contributed by atoms with Gasteiger partial charge in [0.05, 0.1) is 0 Å². The highest BCUT2D eigenvalue weighted by molar-refractivity contribution is 5.55. The summed E-state index contributed by atoms with van der Waals surface area (Å²) in [5.74, 6) is 0. The Hall–Kier alpha value is -0.530. The molecule has 0 aliphatic rings. The van der Waals surface area contributed by atoms with Gasteiger partial charge < -0.3 is 0 Å². The Morgan fingerprint density at radius 3 is 2.11 bits per heavy atom. The highest BCUT2D eigenvalue weighted by Gasteiger charge is 1.87. The quantitative estimate of drug-likeness (QED) is 0.416. The number of hydrogen-bond acceptors (Lipinski definition) is 2. The first-order valence-electron chi connectivity index (χ1n) is 3.62. The van der Waals surface area contributed by atoms with Crippen molar-refractivity contribution in [1.29, 1.82) is 0 Å². The summed E-state index contributed by atoms with van der Waals surface area (Å²) in [6, 6.07) is 0. The first kappa shape index (κ1) is 8.47.